The Kier molecular flexibility index (Phi) is 5.94. The predicted molar refractivity (Wildman–Crippen MR) is 115 cm³/mol. The van der Waals surface area contributed by atoms with E-state index in [1.165, 1.54) is 4.31 Å². The zero-order valence-electron chi connectivity index (χ0n) is 17.7. The number of aromatic amines is 1. The summed E-state index contributed by atoms with van der Waals surface area (Å²) in [5.74, 6) is 0.341. The van der Waals surface area contributed by atoms with Crippen LogP contribution in [0.4, 0.5) is 0 Å². The number of likely N-dealkylation sites (tertiary alicyclic amines) is 1. The highest BCUT2D eigenvalue weighted by Crippen LogP contribution is 2.31. The number of H-pyrrole nitrogens is 1. The minimum atomic E-state index is -3.45. The van der Waals surface area contributed by atoms with Crippen LogP contribution < -0.4 is 5.56 Å². The Morgan fingerprint density at radius 3 is 2.77 bits per heavy atom. The van der Waals surface area contributed by atoms with E-state index in [0.29, 0.717) is 48.6 Å². The van der Waals surface area contributed by atoms with Crippen molar-refractivity contribution in [1.29, 1.82) is 0 Å². The van der Waals surface area contributed by atoms with Crippen LogP contribution in [0, 0.1) is 0 Å². The number of nitrogens with zero attached hydrogens (tertiary/aromatic N) is 4. The Balaban J connectivity index is 1.64. The molecule has 0 bridgehead atoms. The number of hydrogen-bond donors (Lipinski definition) is 1. The minimum absolute atomic E-state index is 0.0292. The molecule has 0 aliphatic carbocycles. The first-order chi connectivity index (χ1) is 14.8. The van der Waals surface area contributed by atoms with Crippen LogP contribution in [-0.4, -0.2) is 56.8 Å². The molecule has 2 aliphatic rings. The van der Waals surface area contributed by atoms with Crippen molar-refractivity contribution in [3.8, 4) is 0 Å². The van der Waals surface area contributed by atoms with Crippen LogP contribution in [-0.2, 0) is 23.0 Å². The van der Waals surface area contributed by atoms with E-state index >= 15 is 0 Å². The lowest BCUT2D eigenvalue weighted by molar-refractivity contribution is 0.0598. The Morgan fingerprint density at radius 1 is 1.26 bits per heavy atom. The number of pyridine rings is 1. The molecule has 9 nitrogen and oxygen atoms in total. The minimum Gasteiger partial charge on any atom is -0.328 e. The third-order valence-corrected chi connectivity index (χ3v) is 8.22. The molecule has 0 radical (unpaired) electrons. The van der Waals surface area contributed by atoms with Gasteiger partial charge in [0.05, 0.1) is 28.1 Å². The number of aromatic nitrogens is 3. The van der Waals surface area contributed by atoms with Crippen LogP contribution >= 0.6 is 0 Å². The smallest absolute Gasteiger partial charge is 0.256 e. The molecule has 2 aromatic rings. The van der Waals surface area contributed by atoms with Gasteiger partial charge in [0.2, 0.25) is 10.0 Å². The molecule has 0 saturated carbocycles. The molecular formula is C21H27N5O4S. The Hall–Kier alpha value is -2.59. The van der Waals surface area contributed by atoms with E-state index in [9.17, 15) is 18.0 Å². The summed E-state index contributed by atoms with van der Waals surface area (Å²) in [7, 11) is -3.45. The quantitative estimate of drug-likeness (QED) is 0.765. The van der Waals surface area contributed by atoms with E-state index < -0.39 is 15.3 Å². The molecule has 1 atom stereocenters. The fourth-order valence-electron chi connectivity index (χ4n) is 4.21. The maximum absolute atomic E-state index is 13.1. The summed E-state index contributed by atoms with van der Waals surface area (Å²) in [5, 5.41) is -0.547. The number of rotatable bonds is 4. The largest absolute Gasteiger partial charge is 0.328 e. The standard InChI is InChI=1S/C21H27N5O4S/c1-14(2)31(29,30)25-11-8-17-16(13-25)20(27)24-19(23-17)18-7-3-4-10-26(18)21(28)15-6-5-9-22-12-15/h5-6,9,12,14,18H,3-4,7-8,10-11,13H2,1-2H3,(H,23,24,27)/t18-/m1/s1. The average molecular weight is 446 g/mol. The molecule has 1 fully saturated rings. The molecule has 2 aromatic heterocycles. The van der Waals surface area contributed by atoms with Gasteiger partial charge in [0.15, 0.2) is 0 Å². The number of carbonyl (C=O) groups excluding carboxylic acids is 1. The van der Waals surface area contributed by atoms with E-state index in [2.05, 4.69) is 9.97 Å². The first-order valence-electron chi connectivity index (χ1n) is 10.6. The van der Waals surface area contributed by atoms with Gasteiger partial charge in [-0.25, -0.2) is 13.4 Å². The fourth-order valence-corrected chi connectivity index (χ4v) is 5.46. The van der Waals surface area contributed by atoms with Gasteiger partial charge in [-0.15, -0.1) is 0 Å². The van der Waals surface area contributed by atoms with Crippen LogP contribution in [0.3, 0.4) is 0 Å². The Bertz CT molecular complexity index is 1130. The van der Waals surface area contributed by atoms with E-state index in [1.807, 2.05) is 0 Å². The van der Waals surface area contributed by atoms with Gasteiger partial charge in [0, 0.05) is 38.4 Å². The van der Waals surface area contributed by atoms with Crippen LogP contribution in [0.15, 0.2) is 29.3 Å². The molecule has 4 heterocycles. The maximum Gasteiger partial charge on any atom is 0.256 e. The molecule has 1 N–H and O–H groups in total. The summed E-state index contributed by atoms with van der Waals surface area (Å²) in [6.45, 7) is 4.17. The molecule has 1 amide bonds. The summed E-state index contributed by atoms with van der Waals surface area (Å²) in [6.07, 6.45) is 6.07. The maximum atomic E-state index is 13.1. The molecule has 0 unspecified atom stereocenters. The summed E-state index contributed by atoms with van der Waals surface area (Å²) in [4.78, 5) is 39.3. The van der Waals surface area contributed by atoms with Crippen molar-refractivity contribution in [2.75, 3.05) is 13.1 Å². The topological polar surface area (TPSA) is 116 Å². The molecule has 0 spiro atoms. The number of piperidine rings is 1. The number of nitrogens with one attached hydrogen (secondary N) is 1. The molecule has 31 heavy (non-hydrogen) atoms. The molecule has 4 rings (SSSR count). The molecule has 1 saturated heterocycles. The lowest BCUT2D eigenvalue weighted by Gasteiger charge is -2.35. The van der Waals surface area contributed by atoms with Gasteiger partial charge in [-0.3, -0.25) is 14.6 Å². The van der Waals surface area contributed by atoms with Crippen molar-refractivity contribution in [2.24, 2.45) is 0 Å². The summed E-state index contributed by atoms with van der Waals surface area (Å²) in [6, 6.07) is 3.13. The van der Waals surface area contributed by atoms with Gasteiger partial charge >= 0.3 is 0 Å². The summed E-state index contributed by atoms with van der Waals surface area (Å²) < 4.78 is 26.4. The highest BCUT2D eigenvalue weighted by atomic mass is 32.2. The normalized spacial score (nSPS) is 20.0. The molecule has 166 valence electrons. The lowest BCUT2D eigenvalue weighted by atomic mass is 9.99. The highest BCUT2D eigenvalue weighted by molar-refractivity contribution is 7.89. The monoisotopic (exact) mass is 445 g/mol. The van der Waals surface area contributed by atoms with Crippen molar-refractivity contribution < 1.29 is 13.2 Å². The van der Waals surface area contributed by atoms with E-state index in [-0.39, 0.29) is 24.1 Å². The van der Waals surface area contributed by atoms with Crippen LogP contribution in [0.25, 0.3) is 0 Å². The second-order valence-corrected chi connectivity index (χ2v) is 10.8. The average Bonchev–Trinajstić information content (AvgIpc) is 2.78. The van der Waals surface area contributed by atoms with Gasteiger partial charge in [-0.05, 0) is 45.2 Å². The SMILES string of the molecule is CC(C)S(=O)(=O)N1CCc2nc([C@H]3CCCCN3C(=O)c3cccnc3)[nH]c(=O)c2C1. The van der Waals surface area contributed by atoms with Crippen molar-refractivity contribution in [3.05, 3.63) is 57.5 Å². The van der Waals surface area contributed by atoms with Crippen molar-refractivity contribution in [3.63, 3.8) is 0 Å². The first kappa shape index (κ1) is 21.6. The highest BCUT2D eigenvalue weighted by Gasteiger charge is 2.34. The van der Waals surface area contributed by atoms with Gasteiger partial charge in [0.1, 0.15) is 5.82 Å². The third-order valence-electron chi connectivity index (χ3n) is 6.00. The van der Waals surface area contributed by atoms with Gasteiger partial charge in [-0.1, -0.05) is 0 Å². The lowest BCUT2D eigenvalue weighted by Crippen LogP contribution is -2.44. The number of carbonyl (C=O) groups is 1. The van der Waals surface area contributed by atoms with E-state index in [4.69, 9.17) is 4.98 Å². The number of sulfonamides is 1. The van der Waals surface area contributed by atoms with Crippen molar-refractivity contribution in [2.45, 2.75) is 57.4 Å². The van der Waals surface area contributed by atoms with E-state index in [1.54, 1.807) is 43.3 Å². The Labute approximate surface area is 181 Å². The molecular weight excluding hydrogens is 418 g/mol. The number of fused-ring (bicyclic) bond motifs is 1. The van der Waals surface area contributed by atoms with Gasteiger partial charge < -0.3 is 9.88 Å². The second-order valence-electron chi connectivity index (χ2n) is 8.31. The fraction of sp³-hybridized carbons (Fsp3) is 0.524. The molecule has 10 heteroatoms. The van der Waals surface area contributed by atoms with Crippen LogP contribution in [0.5, 0.6) is 0 Å². The van der Waals surface area contributed by atoms with Crippen LogP contribution in [0.1, 0.15) is 66.6 Å². The predicted octanol–water partition coefficient (Wildman–Crippen LogP) is 1.63. The summed E-state index contributed by atoms with van der Waals surface area (Å²) in [5.41, 5.74) is 1.18. The van der Waals surface area contributed by atoms with Gasteiger partial charge in [-0.2, -0.15) is 4.31 Å². The van der Waals surface area contributed by atoms with Crippen molar-refractivity contribution in [1.82, 2.24) is 24.2 Å². The third kappa shape index (κ3) is 4.14. The zero-order chi connectivity index (χ0) is 22.2. The number of hydrogen-bond acceptors (Lipinski definition) is 6. The summed E-state index contributed by atoms with van der Waals surface area (Å²) >= 11 is 0. The first-order valence-corrected chi connectivity index (χ1v) is 12.1. The number of amides is 1. The van der Waals surface area contributed by atoms with Crippen LogP contribution in [0.2, 0.25) is 0 Å². The van der Waals surface area contributed by atoms with E-state index in [0.717, 1.165) is 12.8 Å². The van der Waals surface area contributed by atoms with Gasteiger partial charge in [0.25, 0.3) is 11.5 Å². The van der Waals surface area contributed by atoms with Crippen molar-refractivity contribution >= 4 is 15.9 Å². The zero-order valence-corrected chi connectivity index (χ0v) is 18.6. The second kappa shape index (κ2) is 8.51. The molecule has 2 aliphatic heterocycles. The molecule has 0 aromatic carbocycles. The Morgan fingerprint density at radius 2 is 2.06 bits per heavy atom.